The molecule has 0 bridgehead atoms. The maximum absolute atomic E-state index is 14.4. The molecule has 1 aliphatic rings. The van der Waals surface area contributed by atoms with Gasteiger partial charge >= 0.3 is 5.97 Å². The topological polar surface area (TPSA) is 114 Å². The summed E-state index contributed by atoms with van der Waals surface area (Å²) < 4.78 is 7.25. The van der Waals surface area contributed by atoms with Crippen LogP contribution < -0.4 is 5.32 Å². The number of hydrogen-bond donors (Lipinski definition) is 2. The predicted octanol–water partition coefficient (Wildman–Crippen LogP) is 6.42. The summed E-state index contributed by atoms with van der Waals surface area (Å²) in [7, 11) is 0. The minimum atomic E-state index is -1.24. The first-order valence-corrected chi connectivity index (χ1v) is 13.4. The highest BCUT2D eigenvalue weighted by molar-refractivity contribution is 6.42. The molecule has 0 spiro atoms. The Morgan fingerprint density at radius 1 is 1.15 bits per heavy atom. The molecule has 1 saturated heterocycles. The van der Waals surface area contributed by atoms with Gasteiger partial charge in [-0.2, -0.15) is 0 Å². The SMILES string of the molecule is C=CC(=O)C1(c2onc(-c3c(Cl)cc(Cl)cc3Cl)c2C(=O)n2ccc3c(/C=C/C(=O)O)cccc32)CCCNC1. The van der Waals surface area contributed by atoms with Gasteiger partial charge in [-0.3, -0.25) is 14.2 Å². The van der Waals surface area contributed by atoms with Crippen LogP contribution in [0, 0.1) is 0 Å². The number of piperidine rings is 1. The molecule has 4 aromatic rings. The van der Waals surface area contributed by atoms with Gasteiger partial charge in [0.15, 0.2) is 11.5 Å². The minimum Gasteiger partial charge on any atom is -0.478 e. The number of halogens is 3. The van der Waals surface area contributed by atoms with E-state index in [0.29, 0.717) is 40.9 Å². The number of benzene rings is 2. The fourth-order valence-electron chi connectivity index (χ4n) is 5.17. The number of aromatic nitrogens is 2. The van der Waals surface area contributed by atoms with Crippen LogP contribution in [0.1, 0.15) is 34.5 Å². The molecule has 8 nitrogen and oxygen atoms in total. The van der Waals surface area contributed by atoms with Crippen molar-refractivity contribution in [2.24, 2.45) is 0 Å². The van der Waals surface area contributed by atoms with Crippen LogP contribution in [0.15, 0.2) is 65.8 Å². The normalized spacial score (nSPS) is 17.4. The van der Waals surface area contributed by atoms with Gasteiger partial charge in [-0.1, -0.05) is 58.7 Å². The van der Waals surface area contributed by atoms with Crippen LogP contribution in [0.4, 0.5) is 0 Å². The molecular weight excluding hydrogens is 577 g/mol. The molecule has 1 fully saturated rings. The highest BCUT2D eigenvalue weighted by atomic mass is 35.5. The zero-order valence-corrected chi connectivity index (χ0v) is 23.2. The van der Waals surface area contributed by atoms with Crippen LogP contribution in [0.25, 0.3) is 28.2 Å². The number of fused-ring (bicyclic) bond motifs is 1. The number of nitrogens with zero attached hydrogens (tertiary/aromatic N) is 2. The fourth-order valence-corrected chi connectivity index (χ4v) is 6.16. The Morgan fingerprint density at radius 2 is 1.90 bits per heavy atom. The van der Waals surface area contributed by atoms with Gasteiger partial charge < -0.3 is 14.9 Å². The Balaban J connectivity index is 1.78. The number of carbonyl (C=O) groups is 3. The Hall–Kier alpha value is -3.69. The highest BCUT2D eigenvalue weighted by Crippen LogP contribution is 2.44. The highest BCUT2D eigenvalue weighted by Gasteiger charge is 2.47. The molecule has 1 unspecified atom stereocenters. The van der Waals surface area contributed by atoms with E-state index in [1.54, 1.807) is 30.5 Å². The molecule has 0 saturated carbocycles. The molecule has 2 aromatic carbocycles. The molecule has 1 aliphatic heterocycles. The maximum atomic E-state index is 14.4. The van der Waals surface area contributed by atoms with Crippen molar-refractivity contribution in [3.05, 3.63) is 93.3 Å². The quantitative estimate of drug-likeness (QED) is 0.236. The van der Waals surface area contributed by atoms with E-state index in [1.165, 1.54) is 28.9 Å². The van der Waals surface area contributed by atoms with Gasteiger partial charge in [-0.25, -0.2) is 4.79 Å². The van der Waals surface area contributed by atoms with E-state index in [9.17, 15) is 14.4 Å². The summed E-state index contributed by atoms with van der Waals surface area (Å²) in [5, 5.41) is 17.8. The summed E-state index contributed by atoms with van der Waals surface area (Å²) in [5.74, 6) is -1.87. The Morgan fingerprint density at radius 3 is 2.55 bits per heavy atom. The number of carboxylic acids is 1. The van der Waals surface area contributed by atoms with Crippen molar-refractivity contribution in [3.63, 3.8) is 0 Å². The monoisotopic (exact) mass is 597 g/mol. The molecule has 0 radical (unpaired) electrons. The average molecular weight is 599 g/mol. The number of carboxylic acid groups (broad SMARTS) is 1. The zero-order valence-electron chi connectivity index (χ0n) is 20.9. The maximum Gasteiger partial charge on any atom is 0.328 e. The Labute approximate surface area is 243 Å². The number of allylic oxidation sites excluding steroid dienone is 1. The molecule has 0 amide bonds. The first-order valence-electron chi connectivity index (χ1n) is 12.3. The van der Waals surface area contributed by atoms with Crippen LogP contribution >= 0.6 is 34.8 Å². The van der Waals surface area contributed by atoms with Gasteiger partial charge in [-0.05, 0) is 61.4 Å². The van der Waals surface area contributed by atoms with Crippen molar-refractivity contribution in [3.8, 4) is 11.3 Å². The van der Waals surface area contributed by atoms with E-state index in [0.717, 1.165) is 6.08 Å². The van der Waals surface area contributed by atoms with E-state index < -0.39 is 17.3 Å². The third-order valence-electron chi connectivity index (χ3n) is 7.02. The Bertz CT molecular complexity index is 1690. The molecule has 3 heterocycles. The van der Waals surface area contributed by atoms with Crippen molar-refractivity contribution in [1.29, 1.82) is 0 Å². The van der Waals surface area contributed by atoms with Gasteiger partial charge in [0, 0.05) is 34.8 Å². The van der Waals surface area contributed by atoms with Gasteiger partial charge in [0.05, 0.1) is 15.6 Å². The van der Waals surface area contributed by atoms with E-state index in [2.05, 4.69) is 17.1 Å². The third-order valence-corrected chi connectivity index (χ3v) is 7.83. The number of ketones is 1. The number of hydrogen-bond acceptors (Lipinski definition) is 6. The van der Waals surface area contributed by atoms with Crippen LogP contribution in [0.2, 0.25) is 15.1 Å². The molecule has 5 rings (SSSR count). The zero-order chi connectivity index (χ0) is 28.6. The second-order valence-corrected chi connectivity index (χ2v) is 10.6. The summed E-state index contributed by atoms with van der Waals surface area (Å²) in [4.78, 5) is 38.9. The number of rotatable bonds is 7. The predicted molar refractivity (Wildman–Crippen MR) is 154 cm³/mol. The van der Waals surface area contributed by atoms with E-state index >= 15 is 0 Å². The summed E-state index contributed by atoms with van der Waals surface area (Å²) >= 11 is 19.2. The molecule has 2 N–H and O–H groups in total. The van der Waals surface area contributed by atoms with Gasteiger partial charge in [-0.15, -0.1) is 0 Å². The lowest BCUT2D eigenvalue weighted by molar-refractivity contribution is -0.131. The molecule has 40 heavy (non-hydrogen) atoms. The van der Waals surface area contributed by atoms with Crippen LogP contribution in [0.5, 0.6) is 0 Å². The smallest absolute Gasteiger partial charge is 0.328 e. The first kappa shape index (κ1) is 27.9. The standard InChI is InChI=1S/C29H22Cl3N3O5/c1-2-22(36)29(10-4-11-33-15-29)27-25(26(34-40-27)24-19(31)13-17(30)14-20(24)32)28(39)35-12-9-18-16(7-8-23(37)38)5-3-6-21(18)35/h2-3,5-9,12-14,33H,1,4,10-11,15H2,(H,37,38)/b8-7+. The van der Waals surface area contributed by atoms with E-state index in [1.807, 2.05) is 0 Å². The lowest BCUT2D eigenvalue weighted by Crippen LogP contribution is -2.49. The van der Waals surface area contributed by atoms with Crippen molar-refractivity contribution in [1.82, 2.24) is 15.0 Å². The molecular formula is C29H22Cl3N3O5. The van der Waals surface area contributed by atoms with Crippen LogP contribution in [-0.4, -0.2) is 45.6 Å². The molecule has 11 heteroatoms. The fraction of sp³-hybridized carbons (Fsp3) is 0.172. The van der Waals surface area contributed by atoms with E-state index in [4.69, 9.17) is 44.4 Å². The van der Waals surface area contributed by atoms with Gasteiger partial charge in [0.1, 0.15) is 16.7 Å². The van der Waals surface area contributed by atoms with Crippen LogP contribution in [0.3, 0.4) is 0 Å². The van der Waals surface area contributed by atoms with Gasteiger partial charge in [0.25, 0.3) is 5.91 Å². The lowest BCUT2D eigenvalue weighted by Gasteiger charge is -2.33. The van der Waals surface area contributed by atoms with Crippen molar-refractivity contribution >= 4 is 69.4 Å². The van der Waals surface area contributed by atoms with Gasteiger partial charge in [0.2, 0.25) is 0 Å². The van der Waals surface area contributed by atoms with Crippen molar-refractivity contribution in [2.45, 2.75) is 18.3 Å². The summed E-state index contributed by atoms with van der Waals surface area (Å²) in [5.41, 5.74) is 0.203. The summed E-state index contributed by atoms with van der Waals surface area (Å²) in [6, 6.07) is 9.84. The molecule has 2 aromatic heterocycles. The molecule has 204 valence electrons. The number of nitrogens with one attached hydrogen (secondary N) is 1. The second-order valence-electron chi connectivity index (χ2n) is 9.35. The molecule has 0 aliphatic carbocycles. The number of carbonyl (C=O) groups excluding carboxylic acids is 2. The summed E-state index contributed by atoms with van der Waals surface area (Å²) in [6.45, 7) is 4.59. The third kappa shape index (κ3) is 4.77. The average Bonchev–Trinajstić information content (AvgIpc) is 3.56. The largest absolute Gasteiger partial charge is 0.478 e. The van der Waals surface area contributed by atoms with Crippen molar-refractivity contribution < 1.29 is 24.0 Å². The van der Waals surface area contributed by atoms with E-state index in [-0.39, 0.29) is 45.0 Å². The minimum absolute atomic E-state index is 0.0222. The lowest BCUT2D eigenvalue weighted by atomic mass is 9.73. The van der Waals surface area contributed by atoms with Crippen molar-refractivity contribution in [2.75, 3.05) is 13.1 Å². The molecule has 1 atom stereocenters. The first-order chi connectivity index (χ1) is 19.2. The summed E-state index contributed by atoms with van der Waals surface area (Å²) in [6.07, 6.45) is 6.31. The Kier molecular flexibility index (Phi) is 7.70. The number of aliphatic carboxylic acids is 1. The van der Waals surface area contributed by atoms with Crippen LogP contribution in [-0.2, 0) is 15.0 Å². The second kappa shape index (κ2) is 11.1.